The summed E-state index contributed by atoms with van der Waals surface area (Å²) in [6, 6.07) is 6.17. The van der Waals surface area contributed by atoms with Gasteiger partial charge in [-0.1, -0.05) is 49.1 Å². The van der Waals surface area contributed by atoms with Crippen LogP contribution < -0.4 is 10.6 Å². The molecule has 3 fully saturated rings. The van der Waals surface area contributed by atoms with Gasteiger partial charge in [-0.25, -0.2) is 0 Å². The Hall–Kier alpha value is -2.42. The van der Waals surface area contributed by atoms with E-state index < -0.39 is 29.6 Å². The molecule has 2 saturated heterocycles. The van der Waals surface area contributed by atoms with Crippen LogP contribution in [0.1, 0.15) is 52.4 Å². The van der Waals surface area contributed by atoms with Crippen molar-refractivity contribution in [3.63, 3.8) is 0 Å². The number of likely N-dealkylation sites (tertiary alicyclic amines) is 1. The lowest BCUT2D eigenvalue weighted by Gasteiger charge is -2.34. The maximum absolute atomic E-state index is 13.9. The molecule has 200 valence electrons. The van der Waals surface area contributed by atoms with Crippen molar-refractivity contribution in [3.05, 3.63) is 41.4 Å². The number of benzene rings is 1. The van der Waals surface area contributed by atoms with Gasteiger partial charge < -0.3 is 25.0 Å². The van der Waals surface area contributed by atoms with Crippen molar-refractivity contribution in [1.82, 2.24) is 10.2 Å². The van der Waals surface area contributed by atoms with Crippen LogP contribution in [0.15, 0.2) is 36.4 Å². The fourth-order valence-electron chi connectivity index (χ4n) is 6.38. The third-order valence-electron chi connectivity index (χ3n) is 7.96. The van der Waals surface area contributed by atoms with Crippen molar-refractivity contribution in [3.8, 4) is 0 Å². The normalized spacial score (nSPS) is 30.7. The molecule has 37 heavy (non-hydrogen) atoms. The SMILES string of the molecule is CC(C)OCCCN1C(=O)[C@H]2C(C(=O)Nc3cccc(Cl)c3)[C@H]3C=CC2(O3)C1C(=O)NC1CCCCC1. The number of ether oxygens (including phenoxy) is 2. The molecule has 1 spiro atoms. The Kier molecular flexibility index (Phi) is 7.61. The monoisotopic (exact) mass is 529 g/mol. The first kappa shape index (κ1) is 26.2. The number of rotatable bonds is 9. The number of carbonyl (C=O) groups is 3. The molecule has 4 aliphatic rings. The minimum atomic E-state index is -1.16. The number of fused-ring (bicyclic) bond motifs is 1. The Labute approximate surface area is 223 Å². The van der Waals surface area contributed by atoms with Gasteiger partial charge in [0, 0.05) is 29.9 Å². The lowest BCUT2D eigenvalue weighted by molar-refractivity contribution is -0.141. The molecule has 1 aromatic rings. The zero-order valence-electron chi connectivity index (χ0n) is 21.5. The van der Waals surface area contributed by atoms with Crippen molar-refractivity contribution in [1.29, 1.82) is 0 Å². The van der Waals surface area contributed by atoms with Crippen LogP contribution in [-0.2, 0) is 23.9 Å². The van der Waals surface area contributed by atoms with E-state index in [4.69, 9.17) is 21.1 Å². The summed E-state index contributed by atoms with van der Waals surface area (Å²) in [7, 11) is 0. The average molecular weight is 530 g/mol. The maximum atomic E-state index is 13.9. The van der Waals surface area contributed by atoms with Gasteiger partial charge in [-0.2, -0.15) is 0 Å². The van der Waals surface area contributed by atoms with Crippen LogP contribution in [0, 0.1) is 11.8 Å². The molecule has 5 atom stereocenters. The van der Waals surface area contributed by atoms with Gasteiger partial charge in [0.1, 0.15) is 11.6 Å². The van der Waals surface area contributed by atoms with Gasteiger partial charge in [0.05, 0.1) is 24.0 Å². The van der Waals surface area contributed by atoms with Crippen molar-refractivity contribution < 1.29 is 23.9 Å². The van der Waals surface area contributed by atoms with Crippen molar-refractivity contribution in [2.75, 3.05) is 18.5 Å². The molecule has 9 heteroatoms. The van der Waals surface area contributed by atoms with Gasteiger partial charge in [0.15, 0.2) is 0 Å². The highest BCUT2D eigenvalue weighted by Crippen LogP contribution is 2.55. The second-order valence-electron chi connectivity index (χ2n) is 10.8. The van der Waals surface area contributed by atoms with Gasteiger partial charge in [-0.3, -0.25) is 14.4 Å². The summed E-state index contributed by atoms with van der Waals surface area (Å²) in [6.07, 6.45) is 9.02. The third kappa shape index (κ3) is 5.03. The van der Waals surface area contributed by atoms with E-state index in [2.05, 4.69) is 10.6 Å². The Balaban J connectivity index is 1.40. The number of anilines is 1. The van der Waals surface area contributed by atoms with Crippen LogP contribution in [0.25, 0.3) is 0 Å². The molecule has 3 amide bonds. The van der Waals surface area contributed by atoms with E-state index in [1.807, 2.05) is 26.0 Å². The van der Waals surface area contributed by atoms with Crippen molar-refractivity contribution in [2.24, 2.45) is 11.8 Å². The lowest BCUT2D eigenvalue weighted by atomic mass is 9.74. The highest BCUT2D eigenvalue weighted by molar-refractivity contribution is 6.30. The molecule has 3 aliphatic heterocycles. The summed E-state index contributed by atoms with van der Waals surface area (Å²) >= 11 is 6.09. The van der Waals surface area contributed by atoms with E-state index in [-0.39, 0.29) is 29.9 Å². The molecule has 2 N–H and O–H groups in total. The summed E-state index contributed by atoms with van der Waals surface area (Å²) in [6.45, 7) is 4.77. The second kappa shape index (κ2) is 10.8. The molecule has 1 aliphatic carbocycles. The minimum Gasteiger partial charge on any atom is -0.379 e. The summed E-state index contributed by atoms with van der Waals surface area (Å²) < 4.78 is 12.1. The van der Waals surface area contributed by atoms with E-state index in [1.54, 1.807) is 29.2 Å². The van der Waals surface area contributed by atoms with Crippen molar-refractivity contribution in [2.45, 2.75) is 82.3 Å². The Morgan fingerprint density at radius 1 is 1.22 bits per heavy atom. The molecular formula is C28H36ClN3O5. The first-order valence-corrected chi connectivity index (χ1v) is 13.8. The first-order chi connectivity index (χ1) is 17.8. The quantitative estimate of drug-likeness (QED) is 0.375. The summed E-state index contributed by atoms with van der Waals surface area (Å²) in [5.41, 5.74) is -0.603. The standard InChI is InChI=1S/C28H36ClN3O5/c1-17(2)36-15-7-14-32-24(26(34)30-19-9-4-3-5-10-19)28-13-12-21(37-28)22(23(28)27(32)35)25(33)31-20-11-6-8-18(29)16-20/h6,8,11-13,16-17,19,21-24H,3-5,7,9-10,14-15H2,1-2H3,(H,30,34)(H,31,33)/t21-,22?,23-,24?,28?/m1/s1. The number of carbonyl (C=O) groups excluding carboxylic acids is 3. The molecule has 3 unspecified atom stereocenters. The molecule has 0 aromatic heterocycles. The highest BCUT2D eigenvalue weighted by atomic mass is 35.5. The molecule has 3 heterocycles. The zero-order chi connectivity index (χ0) is 26.2. The van der Waals surface area contributed by atoms with E-state index in [9.17, 15) is 14.4 Å². The van der Waals surface area contributed by atoms with Crippen LogP contribution in [0.4, 0.5) is 5.69 Å². The Bertz CT molecular complexity index is 1070. The Morgan fingerprint density at radius 2 is 2.00 bits per heavy atom. The summed E-state index contributed by atoms with van der Waals surface area (Å²) in [4.78, 5) is 42.8. The predicted molar refractivity (Wildman–Crippen MR) is 140 cm³/mol. The van der Waals surface area contributed by atoms with Crippen LogP contribution in [0.2, 0.25) is 5.02 Å². The number of nitrogens with zero attached hydrogens (tertiary/aromatic N) is 1. The van der Waals surface area contributed by atoms with E-state index >= 15 is 0 Å². The topological polar surface area (TPSA) is 97.0 Å². The third-order valence-corrected chi connectivity index (χ3v) is 8.20. The molecule has 0 radical (unpaired) electrons. The lowest BCUT2D eigenvalue weighted by Crippen LogP contribution is -2.56. The largest absolute Gasteiger partial charge is 0.379 e. The number of halogens is 1. The molecule has 1 saturated carbocycles. The molecule has 5 rings (SSSR count). The minimum absolute atomic E-state index is 0.0825. The van der Waals surface area contributed by atoms with Gasteiger partial charge in [0.2, 0.25) is 17.7 Å². The molecular weight excluding hydrogens is 494 g/mol. The maximum Gasteiger partial charge on any atom is 0.246 e. The number of nitrogens with one attached hydrogen (secondary N) is 2. The van der Waals surface area contributed by atoms with Crippen molar-refractivity contribution >= 4 is 35.0 Å². The zero-order valence-corrected chi connectivity index (χ0v) is 22.2. The van der Waals surface area contributed by atoms with Crippen LogP contribution >= 0.6 is 11.6 Å². The number of hydrogen-bond donors (Lipinski definition) is 2. The molecule has 1 aromatic carbocycles. The van der Waals surface area contributed by atoms with Gasteiger partial charge >= 0.3 is 0 Å². The van der Waals surface area contributed by atoms with E-state index in [0.29, 0.717) is 30.3 Å². The van der Waals surface area contributed by atoms with E-state index in [1.165, 1.54) is 6.42 Å². The number of amides is 3. The number of hydrogen-bond acceptors (Lipinski definition) is 5. The fourth-order valence-corrected chi connectivity index (χ4v) is 6.57. The summed E-state index contributed by atoms with van der Waals surface area (Å²) in [5.74, 6) is -2.23. The summed E-state index contributed by atoms with van der Waals surface area (Å²) in [5, 5.41) is 6.61. The van der Waals surface area contributed by atoms with Gasteiger partial charge in [-0.05, 0) is 51.3 Å². The smallest absolute Gasteiger partial charge is 0.246 e. The first-order valence-electron chi connectivity index (χ1n) is 13.5. The van der Waals surface area contributed by atoms with Crippen LogP contribution in [0.5, 0.6) is 0 Å². The van der Waals surface area contributed by atoms with Crippen LogP contribution in [0.3, 0.4) is 0 Å². The average Bonchev–Trinajstić information content (AvgIpc) is 3.50. The molecule has 8 nitrogen and oxygen atoms in total. The van der Waals surface area contributed by atoms with Gasteiger partial charge in [0.25, 0.3) is 0 Å². The van der Waals surface area contributed by atoms with E-state index in [0.717, 1.165) is 25.7 Å². The highest BCUT2D eigenvalue weighted by Gasteiger charge is 2.72. The van der Waals surface area contributed by atoms with Crippen LogP contribution in [-0.4, -0.2) is 65.7 Å². The predicted octanol–water partition coefficient (Wildman–Crippen LogP) is 3.69. The molecule has 2 bridgehead atoms. The second-order valence-corrected chi connectivity index (χ2v) is 11.3. The Morgan fingerprint density at radius 3 is 2.73 bits per heavy atom. The fraction of sp³-hybridized carbons (Fsp3) is 0.607. The van der Waals surface area contributed by atoms with Gasteiger partial charge in [-0.15, -0.1) is 0 Å².